The third-order valence-electron chi connectivity index (χ3n) is 2.79. The van der Waals surface area contributed by atoms with Crippen molar-refractivity contribution < 1.29 is 19.4 Å². The molecule has 1 aromatic heterocycles. The van der Waals surface area contributed by atoms with Gasteiger partial charge in [0.15, 0.2) is 0 Å². The molecule has 6 nitrogen and oxygen atoms in total. The summed E-state index contributed by atoms with van der Waals surface area (Å²) < 4.78 is 5.23. The van der Waals surface area contributed by atoms with Crippen LogP contribution in [0.3, 0.4) is 0 Å². The van der Waals surface area contributed by atoms with Gasteiger partial charge in [0.25, 0.3) is 0 Å². The standard InChI is InChI=1S/C12H14N2O4/c15-11(9-2-1-5-18-7-9)14-10-6-8(12(16)17)3-4-13-10/h3-4,6,9H,1-2,5,7H2,(H,16,17)(H,13,14,15). The zero-order valence-electron chi connectivity index (χ0n) is 9.76. The third kappa shape index (κ3) is 3.04. The molecule has 96 valence electrons. The van der Waals surface area contributed by atoms with Gasteiger partial charge in [-0.3, -0.25) is 4.79 Å². The fraction of sp³-hybridized carbons (Fsp3) is 0.417. The van der Waals surface area contributed by atoms with Crippen LogP contribution in [0.5, 0.6) is 0 Å². The van der Waals surface area contributed by atoms with Crippen molar-refractivity contribution in [2.45, 2.75) is 12.8 Å². The number of carbonyl (C=O) groups is 2. The first-order valence-electron chi connectivity index (χ1n) is 5.75. The van der Waals surface area contributed by atoms with Crippen molar-refractivity contribution in [2.24, 2.45) is 5.92 Å². The lowest BCUT2D eigenvalue weighted by molar-refractivity contribution is -0.123. The largest absolute Gasteiger partial charge is 0.478 e. The molecule has 1 aromatic rings. The van der Waals surface area contributed by atoms with Gasteiger partial charge in [-0.05, 0) is 25.0 Å². The number of rotatable bonds is 3. The summed E-state index contributed by atoms with van der Waals surface area (Å²) >= 11 is 0. The number of nitrogens with zero attached hydrogens (tertiary/aromatic N) is 1. The molecule has 0 radical (unpaired) electrons. The highest BCUT2D eigenvalue weighted by molar-refractivity contribution is 5.94. The van der Waals surface area contributed by atoms with Gasteiger partial charge in [0.05, 0.1) is 18.1 Å². The Hall–Kier alpha value is -1.95. The Labute approximate surface area is 104 Å². The highest BCUT2D eigenvalue weighted by Gasteiger charge is 2.22. The quantitative estimate of drug-likeness (QED) is 0.839. The van der Waals surface area contributed by atoms with E-state index >= 15 is 0 Å². The summed E-state index contributed by atoms with van der Waals surface area (Å²) in [5, 5.41) is 11.4. The maximum Gasteiger partial charge on any atom is 0.335 e. The molecule has 0 spiro atoms. The minimum atomic E-state index is -1.05. The molecule has 1 saturated heterocycles. The van der Waals surface area contributed by atoms with E-state index in [2.05, 4.69) is 10.3 Å². The minimum absolute atomic E-state index is 0.0974. The highest BCUT2D eigenvalue weighted by Crippen LogP contribution is 2.16. The number of carboxylic acid groups (broad SMARTS) is 1. The summed E-state index contributed by atoms with van der Waals surface area (Å²) in [5.74, 6) is -1.15. The van der Waals surface area contributed by atoms with Crippen LogP contribution in [-0.2, 0) is 9.53 Å². The van der Waals surface area contributed by atoms with Crippen molar-refractivity contribution >= 4 is 17.7 Å². The average molecular weight is 250 g/mol. The van der Waals surface area contributed by atoms with Crippen LogP contribution < -0.4 is 5.32 Å². The van der Waals surface area contributed by atoms with Crippen molar-refractivity contribution in [3.8, 4) is 0 Å². The summed E-state index contributed by atoms with van der Waals surface area (Å²) in [7, 11) is 0. The van der Waals surface area contributed by atoms with E-state index < -0.39 is 5.97 Å². The van der Waals surface area contributed by atoms with E-state index in [-0.39, 0.29) is 23.2 Å². The number of amides is 1. The predicted octanol–water partition coefficient (Wildman–Crippen LogP) is 1.14. The van der Waals surface area contributed by atoms with E-state index in [0.29, 0.717) is 13.2 Å². The minimum Gasteiger partial charge on any atom is -0.478 e. The Morgan fingerprint density at radius 3 is 3.00 bits per heavy atom. The van der Waals surface area contributed by atoms with Crippen LogP contribution in [0.2, 0.25) is 0 Å². The lowest BCUT2D eigenvalue weighted by Gasteiger charge is -2.20. The van der Waals surface area contributed by atoms with Gasteiger partial charge in [-0.25, -0.2) is 9.78 Å². The normalized spacial score (nSPS) is 19.2. The van der Waals surface area contributed by atoms with Gasteiger partial charge in [0.1, 0.15) is 5.82 Å². The number of aromatic nitrogens is 1. The molecule has 0 aliphatic carbocycles. The van der Waals surface area contributed by atoms with E-state index in [0.717, 1.165) is 12.8 Å². The Balaban J connectivity index is 2.02. The van der Waals surface area contributed by atoms with Gasteiger partial charge in [0.2, 0.25) is 5.91 Å². The first-order chi connectivity index (χ1) is 8.66. The molecule has 1 amide bonds. The molecule has 1 fully saturated rings. The van der Waals surface area contributed by atoms with E-state index in [9.17, 15) is 9.59 Å². The summed E-state index contributed by atoms with van der Waals surface area (Å²) in [6.45, 7) is 1.10. The molecule has 6 heteroatoms. The van der Waals surface area contributed by atoms with Crippen LogP contribution >= 0.6 is 0 Å². The number of hydrogen-bond acceptors (Lipinski definition) is 4. The van der Waals surface area contributed by atoms with Gasteiger partial charge in [-0.2, -0.15) is 0 Å². The fourth-order valence-corrected chi connectivity index (χ4v) is 1.81. The number of carbonyl (C=O) groups excluding carboxylic acids is 1. The highest BCUT2D eigenvalue weighted by atomic mass is 16.5. The molecule has 1 unspecified atom stereocenters. The predicted molar refractivity (Wildman–Crippen MR) is 63.4 cm³/mol. The van der Waals surface area contributed by atoms with E-state index in [1.165, 1.54) is 18.3 Å². The third-order valence-corrected chi connectivity index (χ3v) is 2.79. The zero-order valence-corrected chi connectivity index (χ0v) is 9.76. The van der Waals surface area contributed by atoms with Crippen molar-refractivity contribution in [1.82, 2.24) is 4.98 Å². The summed E-state index contributed by atoms with van der Waals surface area (Å²) in [6, 6.07) is 2.71. The number of carboxylic acids is 1. The molecule has 2 N–H and O–H groups in total. The number of anilines is 1. The Kier molecular flexibility index (Phi) is 3.88. The van der Waals surface area contributed by atoms with Crippen LogP contribution in [-0.4, -0.2) is 35.2 Å². The lowest BCUT2D eigenvalue weighted by Crippen LogP contribution is -2.30. The average Bonchev–Trinajstić information content (AvgIpc) is 2.40. The lowest BCUT2D eigenvalue weighted by atomic mass is 10.0. The van der Waals surface area contributed by atoms with Crippen LogP contribution in [0.25, 0.3) is 0 Å². The van der Waals surface area contributed by atoms with Gasteiger partial charge >= 0.3 is 5.97 Å². The molecular formula is C12H14N2O4. The van der Waals surface area contributed by atoms with Crippen molar-refractivity contribution in [3.05, 3.63) is 23.9 Å². The van der Waals surface area contributed by atoms with Crippen molar-refractivity contribution in [3.63, 3.8) is 0 Å². The number of aromatic carboxylic acids is 1. The fourth-order valence-electron chi connectivity index (χ4n) is 1.81. The summed E-state index contributed by atoms with van der Waals surface area (Å²) in [5.41, 5.74) is 0.0974. The van der Waals surface area contributed by atoms with Gasteiger partial charge < -0.3 is 15.2 Å². The van der Waals surface area contributed by atoms with Gasteiger partial charge in [0, 0.05) is 12.8 Å². The molecule has 18 heavy (non-hydrogen) atoms. The molecule has 0 bridgehead atoms. The van der Waals surface area contributed by atoms with Gasteiger partial charge in [-0.1, -0.05) is 0 Å². The SMILES string of the molecule is O=C(O)c1ccnc(NC(=O)C2CCCOC2)c1. The second kappa shape index (κ2) is 5.59. The van der Waals surface area contributed by atoms with Crippen molar-refractivity contribution in [2.75, 3.05) is 18.5 Å². The zero-order chi connectivity index (χ0) is 13.0. The molecule has 0 saturated carbocycles. The molecule has 2 rings (SSSR count). The second-order valence-corrected chi connectivity index (χ2v) is 4.14. The number of hydrogen-bond donors (Lipinski definition) is 2. The van der Waals surface area contributed by atoms with Crippen molar-refractivity contribution in [1.29, 1.82) is 0 Å². The smallest absolute Gasteiger partial charge is 0.335 e. The Morgan fingerprint density at radius 2 is 2.33 bits per heavy atom. The number of ether oxygens (including phenoxy) is 1. The monoisotopic (exact) mass is 250 g/mol. The molecule has 1 aliphatic rings. The van der Waals surface area contributed by atoms with Gasteiger partial charge in [-0.15, -0.1) is 0 Å². The maximum absolute atomic E-state index is 11.9. The van der Waals surface area contributed by atoms with Crippen LogP contribution in [0.15, 0.2) is 18.3 Å². The van der Waals surface area contributed by atoms with Crippen LogP contribution in [0.1, 0.15) is 23.2 Å². The molecule has 0 aromatic carbocycles. The van der Waals surface area contributed by atoms with Crippen LogP contribution in [0, 0.1) is 5.92 Å². The van der Waals surface area contributed by atoms with E-state index in [1.807, 2.05) is 0 Å². The first-order valence-corrected chi connectivity index (χ1v) is 5.75. The van der Waals surface area contributed by atoms with E-state index in [1.54, 1.807) is 0 Å². The molecule has 1 atom stereocenters. The maximum atomic E-state index is 11.9. The molecule has 2 heterocycles. The Morgan fingerprint density at radius 1 is 1.50 bits per heavy atom. The first kappa shape index (κ1) is 12.5. The summed E-state index contributed by atoms with van der Waals surface area (Å²) in [4.78, 5) is 26.6. The molecule has 1 aliphatic heterocycles. The second-order valence-electron chi connectivity index (χ2n) is 4.14. The number of pyridine rings is 1. The van der Waals surface area contributed by atoms with Crippen LogP contribution in [0.4, 0.5) is 5.82 Å². The summed E-state index contributed by atoms with van der Waals surface area (Å²) in [6.07, 6.45) is 3.00. The topological polar surface area (TPSA) is 88.5 Å². The molecular weight excluding hydrogens is 236 g/mol. The number of nitrogens with one attached hydrogen (secondary N) is 1. The Bertz CT molecular complexity index is 455. The van der Waals surface area contributed by atoms with E-state index in [4.69, 9.17) is 9.84 Å².